The number of anilines is 1. The van der Waals surface area contributed by atoms with Crippen molar-refractivity contribution in [2.24, 2.45) is 0 Å². The van der Waals surface area contributed by atoms with Gasteiger partial charge in [-0.3, -0.25) is 4.57 Å². The molecule has 0 aliphatic carbocycles. The van der Waals surface area contributed by atoms with Crippen molar-refractivity contribution >= 4 is 35.3 Å². The number of nitrogens with zero attached hydrogens (tertiary/aromatic N) is 1. The smallest absolute Gasteiger partial charge is 0.416 e. The summed E-state index contributed by atoms with van der Waals surface area (Å²) in [4.78, 5) is 11.8. The average Bonchev–Trinajstić information content (AvgIpc) is 2.73. The first-order valence-corrected chi connectivity index (χ1v) is 7.34. The Labute approximate surface area is 132 Å². The van der Waals surface area contributed by atoms with Crippen molar-refractivity contribution in [2.45, 2.75) is 13.1 Å². The van der Waals surface area contributed by atoms with E-state index in [1.54, 1.807) is 6.92 Å². The van der Waals surface area contributed by atoms with E-state index in [9.17, 15) is 18.0 Å². The number of hydrogen-bond donors (Lipinski definition) is 1. The fraction of sp³-hybridized carbons (Fsp3) is 0.231. The number of alkyl halides is 3. The van der Waals surface area contributed by atoms with Crippen LogP contribution in [-0.2, 0) is 10.9 Å². The number of rotatable bonds is 3. The number of thiazole rings is 1. The van der Waals surface area contributed by atoms with Crippen LogP contribution >= 0.6 is 23.6 Å². The Hall–Kier alpha value is -1.87. The average molecular weight is 348 g/mol. The second-order valence-electron chi connectivity index (χ2n) is 4.19. The Morgan fingerprint density at radius 1 is 1.45 bits per heavy atom. The van der Waals surface area contributed by atoms with Gasteiger partial charge in [0, 0.05) is 5.69 Å². The molecule has 1 aromatic carbocycles. The summed E-state index contributed by atoms with van der Waals surface area (Å²) in [6, 6.07) is 4.56. The van der Waals surface area contributed by atoms with Crippen LogP contribution in [0.2, 0.25) is 0 Å². The molecule has 22 heavy (non-hydrogen) atoms. The van der Waals surface area contributed by atoms with Crippen LogP contribution in [0.5, 0.6) is 0 Å². The van der Waals surface area contributed by atoms with E-state index in [1.807, 2.05) is 0 Å². The second kappa shape index (κ2) is 6.09. The molecule has 2 aromatic rings. The predicted molar refractivity (Wildman–Crippen MR) is 79.9 cm³/mol. The van der Waals surface area contributed by atoms with Gasteiger partial charge in [0.1, 0.15) is 5.82 Å². The zero-order valence-corrected chi connectivity index (χ0v) is 12.9. The lowest BCUT2D eigenvalue weighted by atomic mass is 10.2. The number of benzene rings is 1. The van der Waals surface area contributed by atoms with E-state index >= 15 is 0 Å². The van der Waals surface area contributed by atoms with Gasteiger partial charge < -0.3 is 10.5 Å². The third kappa shape index (κ3) is 3.14. The summed E-state index contributed by atoms with van der Waals surface area (Å²) >= 11 is 5.99. The van der Waals surface area contributed by atoms with Crippen LogP contribution in [0.25, 0.3) is 5.69 Å². The normalized spacial score (nSPS) is 11.5. The fourth-order valence-electron chi connectivity index (χ4n) is 1.79. The van der Waals surface area contributed by atoms with Crippen molar-refractivity contribution in [3.63, 3.8) is 0 Å². The summed E-state index contributed by atoms with van der Waals surface area (Å²) in [5.74, 6) is -0.686. The summed E-state index contributed by atoms with van der Waals surface area (Å²) in [6.45, 7) is 1.80. The van der Waals surface area contributed by atoms with Gasteiger partial charge >= 0.3 is 12.1 Å². The molecule has 0 aliphatic heterocycles. The minimum absolute atomic E-state index is 0.0345. The SMILES string of the molecule is CCOC(=O)c1sc(=S)n(-c2cccc(C(F)(F)F)c2)c1N. The molecule has 0 radical (unpaired) electrons. The molecule has 0 aliphatic rings. The van der Waals surface area contributed by atoms with Crippen LogP contribution < -0.4 is 5.73 Å². The Morgan fingerprint density at radius 3 is 2.73 bits per heavy atom. The molecule has 0 saturated heterocycles. The van der Waals surface area contributed by atoms with Crippen molar-refractivity contribution in [1.29, 1.82) is 0 Å². The minimum atomic E-state index is -4.48. The highest BCUT2D eigenvalue weighted by Gasteiger charge is 2.31. The van der Waals surface area contributed by atoms with Gasteiger partial charge in [0.05, 0.1) is 12.2 Å². The van der Waals surface area contributed by atoms with E-state index in [-0.39, 0.29) is 26.9 Å². The molecule has 0 bridgehead atoms. The highest BCUT2D eigenvalue weighted by Crippen LogP contribution is 2.32. The van der Waals surface area contributed by atoms with E-state index in [2.05, 4.69) is 0 Å². The van der Waals surface area contributed by atoms with Crippen LogP contribution in [0.3, 0.4) is 0 Å². The van der Waals surface area contributed by atoms with E-state index in [0.29, 0.717) is 0 Å². The Bertz CT molecular complexity index is 765. The molecular weight excluding hydrogens is 337 g/mol. The standard InChI is InChI=1S/C13H11F3N2O2S2/c1-2-20-11(19)9-10(17)18(12(21)22-9)8-5-3-4-7(6-8)13(14,15)16/h3-6H,2,17H2,1H3. The van der Waals surface area contributed by atoms with Crippen molar-refractivity contribution < 1.29 is 22.7 Å². The molecule has 0 saturated carbocycles. The molecule has 2 N–H and O–H groups in total. The molecule has 0 unspecified atom stereocenters. The minimum Gasteiger partial charge on any atom is -0.462 e. The van der Waals surface area contributed by atoms with Gasteiger partial charge in [0.15, 0.2) is 8.83 Å². The van der Waals surface area contributed by atoms with Crippen molar-refractivity contribution in [3.8, 4) is 5.69 Å². The number of halogens is 3. The van der Waals surface area contributed by atoms with Gasteiger partial charge in [0.25, 0.3) is 0 Å². The first-order valence-electron chi connectivity index (χ1n) is 6.11. The van der Waals surface area contributed by atoms with Crippen LogP contribution in [-0.4, -0.2) is 17.1 Å². The molecule has 1 heterocycles. The number of carbonyl (C=O) groups is 1. The molecule has 9 heteroatoms. The van der Waals surface area contributed by atoms with Crippen LogP contribution in [0, 0.1) is 3.95 Å². The molecule has 118 valence electrons. The van der Waals surface area contributed by atoms with Crippen molar-refractivity contribution in [3.05, 3.63) is 38.7 Å². The molecule has 0 fully saturated rings. The summed E-state index contributed by atoms with van der Waals surface area (Å²) in [6.07, 6.45) is -4.48. The molecule has 0 spiro atoms. The topological polar surface area (TPSA) is 57.2 Å². The summed E-state index contributed by atoms with van der Waals surface area (Å²) < 4.78 is 44.6. The molecule has 4 nitrogen and oxygen atoms in total. The zero-order valence-electron chi connectivity index (χ0n) is 11.3. The van der Waals surface area contributed by atoms with E-state index in [0.717, 1.165) is 23.5 Å². The predicted octanol–water partition coefficient (Wildman–Crippen LogP) is 4.05. The zero-order chi connectivity index (χ0) is 16.5. The second-order valence-corrected chi connectivity index (χ2v) is 5.83. The van der Waals surface area contributed by atoms with E-state index in [4.69, 9.17) is 22.7 Å². The van der Waals surface area contributed by atoms with Gasteiger partial charge in [-0.15, -0.1) is 0 Å². The van der Waals surface area contributed by atoms with Crippen molar-refractivity contribution in [2.75, 3.05) is 12.3 Å². The third-order valence-electron chi connectivity index (χ3n) is 2.74. The Morgan fingerprint density at radius 2 is 2.14 bits per heavy atom. The number of nitrogen functional groups attached to an aromatic ring is 1. The lowest BCUT2D eigenvalue weighted by molar-refractivity contribution is -0.137. The van der Waals surface area contributed by atoms with Crippen LogP contribution in [0.15, 0.2) is 24.3 Å². The van der Waals surface area contributed by atoms with Gasteiger partial charge in [-0.05, 0) is 37.3 Å². The summed E-state index contributed by atoms with van der Waals surface area (Å²) in [5, 5.41) is 0. The summed E-state index contributed by atoms with van der Waals surface area (Å²) in [7, 11) is 0. The highest BCUT2D eigenvalue weighted by molar-refractivity contribution is 7.73. The number of esters is 1. The molecule has 0 atom stereocenters. The monoisotopic (exact) mass is 348 g/mol. The lowest BCUT2D eigenvalue weighted by Crippen LogP contribution is -2.09. The number of nitrogens with two attached hydrogens (primary N) is 1. The van der Waals surface area contributed by atoms with Gasteiger partial charge in [-0.2, -0.15) is 13.2 Å². The first-order chi connectivity index (χ1) is 10.3. The maximum Gasteiger partial charge on any atom is 0.416 e. The lowest BCUT2D eigenvalue weighted by Gasteiger charge is -2.10. The van der Waals surface area contributed by atoms with Crippen LogP contribution in [0.4, 0.5) is 19.0 Å². The number of carbonyl (C=O) groups excluding carboxylic acids is 1. The first kappa shape index (κ1) is 16.5. The van der Waals surface area contributed by atoms with Gasteiger partial charge in [-0.1, -0.05) is 17.4 Å². The Kier molecular flexibility index (Phi) is 4.57. The molecular formula is C13H11F3N2O2S2. The summed E-state index contributed by atoms with van der Waals surface area (Å²) in [5.41, 5.74) is 5.17. The third-order valence-corrected chi connectivity index (χ3v) is 4.11. The molecule has 0 amide bonds. The Balaban J connectivity index is 2.55. The molecule has 1 aromatic heterocycles. The van der Waals surface area contributed by atoms with E-state index < -0.39 is 17.7 Å². The number of hydrogen-bond acceptors (Lipinski definition) is 5. The van der Waals surface area contributed by atoms with Gasteiger partial charge in [-0.25, -0.2) is 4.79 Å². The van der Waals surface area contributed by atoms with Gasteiger partial charge in [0.2, 0.25) is 0 Å². The highest BCUT2D eigenvalue weighted by atomic mass is 32.1. The largest absolute Gasteiger partial charge is 0.462 e. The van der Waals surface area contributed by atoms with E-state index in [1.165, 1.54) is 16.7 Å². The number of ether oxygens (including phenoxy) is 1. The number of aromatic nitrogens is 1. The maximum absolute atomic E-state index is 12.8. The van der Waals surface area contributed by atoms with Crippen LogP contribution in [0.1, 0.15) is 22.2 Å². The molecule has 2 rings (SSSR count). The fourth-order valence-corrected chi connectivity index (χ4v) is 3.06. The van der Waals surface area contributed by atoms with Crippen molar-refractivity contribution in [1.82, 2.24) is 4.57 Å². The quantitative estimate of drug-likeness (QED) is 0.672. The maximum atomic E-state index is 12.8.